The molecule has 0 radical (unpaired) electrons. The lowest BCUT2D eigenvalue weighted by Crippen LogP contribution is -2.31. The summed E-state index contributed by atoms with van der Waals surface area (Å²) in [5, 5.41) is 4.60. The number of aromatic nitrogens is 5. The van der Waals surface area contributed by atoms with Gasteiger partial charge in [-0.15, -0.1) is 5.10 Å². The zero-order chi connectivity index (χ0) is 14.1. The first-order chi connectivity index (χ1) is 10.4. The van der Waals surface area contributed by atoms with Crippen molar-refractivity contribution in [3.8, 4) is 11.5 Å². The van der Waals surface area contributed by atoms with E-state index in [0.717, 1.165) is 24.6 Å². The average Bonchev–Trinajstić information content (AvgIpc) is 3.00. The Bertz CT molecular complexity index is 745. The van der Waals surface area contributed by atoms with E-state index in [1.165, 1.54) is 19.3 Å². The van der Waals surface area contributed by atoms with E-state index in [4.69, 9.17) is 0 Å². The minimum absolute atomic E-state index is 0.618. The minimum Gasteiger partial charge on any atom is -0.356 e. The molecular formula is C15H16N6. The van der Waals surface area contributed by atoms with Crippen LogP contribution in [0, 0.1) is 0 Å². The van der Waals surface area contributed by atoms with Gasteiger partial charge in [0, 0.05) is 25.5 Å². The molecule has 4 heterocycles. The Morgan fingerprint density at radius 1 is 0.905 bits per heavy atom. The number of pyridine rings is 1. The standard InChI is InChI=1S/C15H16N6/c1-4-10-20(11-5-1)13-7-9-17-15-18-14(19-21(13)15)12-6-2-3-8-16-12/h2-3,6-9H,1,4-5,10-11H2. The van der Waals surface area contributed by atoms with Crippen LogP contribution in [0.1, 0.15) is 19.3 Å². The van der Waals surface area contributed by atoms with E-state index in [9.17, 15) is 0 Å². The van der Waals surface area contributed by atoms with Crippen LogP contribution < -0.4 is 4.90 Å². The van der Waals surface area contributed by atoms with Crippen LogP contribution in [0.5, 0.6) is 0 Å². The summed E-state index contributed by atoms with van der Waals surface area (Å²) >= 11 is 0. The molecule has 0 spiro atoms. The molecule has 21 heavy (non-hydrogen) atoms. The van der Waals surface area contributed by atoms with E-state index in [-0.39, 0.29) is 0 Å². The molecule has 0 aliphatic carbocycles. The summed E-state index contributed by atoms with van der Waals surface area (Å²) in [6.45, 7) is 2.13. The maximum absolute atomic E-state index is 4.60. The van der Waals surface area contributed by atoms with Crippen LogP contribution in [0.4, 0.5) is 5.82 Å². The van der Waals surface area contributed by atoms with E-state index in [2.05, 4.69) is 25.0 Å². The molecule has 6 nitrogen and oxygen atoms in total. The Kier molecular flexibility index (Phi) is 2.99. The fourth-order valence-electron chi connectivity index (χ4n) is 2.75. The Balaban J connectivity index is 1.80. The monoisotopic (exact) mass is 280 g/mol. The Labute approximate surface area is 122 Å². The van der Waals surface area contributed by atoms with E-state index < -0.39 is 0 Å². The molecule has 1 fully saturated rings. The SMILES string of the molecule is c1ccc(-c2nc3nccc(N4CCCCC4)n3n2)nc1. The third kappa shape index (κ3) is 2.22. The van der Waals surface area contributed by atoms with Gasteiger partial charge in [0.1, 0.15) is 11.5 Å². The molecule has 0 amide bonds. The number of fused-ring (bicyclic) bond motifs is 1. The highest BCUT2D eigenvalue weighted by Gasteiger charge is 2.17. The number of anilines is 1. The predicted molar refractivity (Wildman–Crippen MR) is 80.1 cm³/mol. The normalized spacial score (nSPS) is 15.5. The van der Waals surface area contributed by atoms with Gasteiger partial charge in [-0.1, -0.05) is 6.07 Å². The van der Waals surface area contributed by atoms with Crippen molar-refractivity contribution in [1.29, 1.82) is 0 Å². The van der Waals surface area contributed by atoms with Gasteiger partial charge in [-0.2, -0.15) is 9.50 Å². The molecule has 0 saturated carbocycles. The molecule has 106 valence electrons. The molecule has 0 atom stereocenters. The van der Waals surface area contributed by atoms with Gasteiger partial charge >= 0.3 is 0 Å². The molecule has 1 saturated heterocycles. The molecule has 0 bridgehead atoms. The van der Waals surface area contributed by atoms with E-state index in [1.807, 2.05) is 28.8 Å². The van der Waals surface area contributed by atoms with Crippen molar-refractivity contribution in [1.82, 2.24) is 24.6 Å². The molecule has 3 aromatic rings. The fourth-order valence-corrected chi connectivity index (χ4v) is 2.75. The van der Waals surface area contributed by atoms with Crippen molar-refractivity contribution >= 4 is 11.6 Å². The molecule has 0 aromatic carbocycles. The highest BCUT2D eigenvalue weighted by atomic mass is 15.4. The minimum atomic E-state index is 0.618. The first kappa shape index (κ1) is 12.3. The summed E-state index contributed by atoms with van der Waals surface area (Å²) in [5.41, 5.74) is 0.771. The van der Waals surface area contributed by atoms with Crippen molar-refractivity contribution in [3.05, 3.63) is 36.7 Å². The number of hydrogen-bond acceptors (Lipinski definition) is 5. The summed E-state index contributed by atoms with van der Waals surface area (Å²) in [5.74, 6) is 2.31. The van der Waals surface area contributed by atoms with Gasteiger partial charge in [0.2, 0.25) is 5.82 Å². The summed E-state index contributed by atoms with van der Waals surface area (Å²) in [7, 11) is 0. The van der Waals surface area contributed by atoms with Gasteiger partial charge < -0.3 is 4.90 Å². The molecule has 4 rings (SSSR count). The molecule has 6 heteroatoms. The Hall–Kier alpha value is -2.50. The second-order valence-electron chi connectivity index (χ2n) is 5.21. The Morgan fingerprint density at radius 3 is 2.62 bits per heavy atom. The van der Waals surface area contributed by atoms with Gasteiger partial charge in [-0.25, -0.2) is 4.98 Å². The van der Waals surface area contributed by atoms with Crippen molar-refractivity contribution in [2.45, 2.75) is 19.3 Å². The molecular weight excluding hydrogens is 264 g/mol. The number of nitrogens with zero attached hydrogens (tertiary/aromatic N) is 6. The lowest BCUT2D eigenvalue weighted by molar-refractivity contribution is 0.568. The third-order valence-electron chi connectivity index (χ3n) is 3.79. The maximum Gasteiger partial charge on any atom is 0.254 e. The van der Waals surface area contributed by atoms with E-state index in [0.29, 0.717) is 11.6 Å². The fraction of sp³-hybridized carbons (Fsp3) is 0.333. The van der Waals surface area contributed by atoms with Crippen molar-refractivity contribution in [2.75, 3.05) is 18.0 Å². The van der Waals surface area contributed by atoms with Crippen LogP contribution in [0.3, 0.4) is 0 Å². The van der Waals surface area contributed by atoms with Crippen molar-refractivity contribution < 1.29 is 0 Å². The lowest BCUT2D eigenvalue weighted by Gasteiger charge is -2.28. The van der Waals surface area contributed by atoms with Crippen molar-refractivity contribution in [2.24, 2.45) is 0 Å². The van der Waals surface area contributed by atoms with Gasteiger partial charge in [-0.05, 0) is 37.5 Å². The van der Waals surface area contributed by atoms with Crippen LogP contribution in [0.2, 0.25) is 0 Å². The van der Waals surface area contributed by atoms with E-state index in [1.54, 1.807) is 12.4 Å². The predicted octanol–water partition coefficient (Wildman–Crippen LogP) is 2.18. The highest BCUT2D eigenvalue weighted by molar-refractivity contribution is 5.54. The number of piperidine rings is 1. The second-order valence-corrected chi connectivity index (χ2v) is 5.21. The first-order valence-electron chi connectivity index (χ1n) is 7.30. The van der Waals surface area contributed by atoms with Gasteiger partial charge in [0.05, 0.1) is 0 Å². The summed E-state index contributed by atoms with van der Waals surface area (Å²) in [6, 6.07) is 7.74. The summed E-state index contributed by atoms with van der Waals surface area (Å²) < 4.78 is 1.83. The topological polar surface area (TPSA) is 59.2 Å². The summed E-state index contributed by atoms with van der Waals surface area (Å²) in [4.78, 5) is 15.5. The zero-order valence-corrected chi connectivity index (χ0v) is 11.7. The average molecular weight is 280 g/mol. The van der Waals surface area contributed by atoms with Gasteiger partial charge in [0.25, 0.3) is 5.78 Å². The number of hydrogen-bond donors (Lipinski definition) is 0. The molecule has 0 N–H and O–H groups in total. The van der Waals surface area contributed by atoms with Gasteiger partial charge in [-0.3, -0.25) is 4.98 Å². The maximum atomic E-state index is 4.60. The second kappa shape index (κ2) is 5.12. The Morgan fingerprint density at radius 2 is 1.81 bits per heavy atom. The van der Waals surface area contributed by atoms with E-state index >= 15 is 0 Å². The third-order valence-corrected chi connectivity index (χ3v) is 3.79. The molecule has 1 aliphatic heterocycles. The van der Waals surface area contributed by atoms with Crippen LogP contribution in [0.15, 0.2) is 36.7 Å². The van der Waals surface area contributed by atoms with Crippen LogP contribution in [-0.4, -0.2) is 37.7 Å². The summed E-state index contributed by atoms with van der Waals surface area (Å²) in [6.07, 6.45) is 7.31. The van der Waals surface area contributed by atoms with Crippen molar-refractivity contribution in [3.63, 3.8) is 0 Å². The van der Waals surface area contributed by atoms with Gasteiger partial charge in [0.15, 0.2) is 0 Å². The zero-order valence-electron chi connectivity index (χ0n) is 11.7. The largest absolute Gasteiger partial charge is 0.356 e. The molecule has 0 unspecified atom stereocenters. The molecule has 3 aromatic heterocycles. The van der Waals surface area contributed by atoms with Crippen LogP contribution in [0.25, 0.3) is 17.3 Å². The number of rotatable bonds is 2. The highest BCUT2D eigenvalue weighted by Crippen LogP contribution is 2.21. The van der Waals surface area contributed by atoms with Crippen LogP contribution in [-0.2, 0) is 0 Å². The smallest absolute Gasteiger partial charge is 0.254 e. The lowest BCUT2D eigenvalue weighted by atomic mass is 10.1. The molecule has 1 aliphatic rings. The van der Waals surface area contributed by atoms with Crippen LogP contribution >= 0.6 is 0 Å². The quantitative estimate of drug-likeness (QED) is 0.720. The first-order valence-corrected chi connectivity index (χ1v) is 7.30.